The van der Waals surface area contributed by atoms with E-state index in [0.717, 1.165) is 18.5 Å². The lowest BCUT2D eigenvalue weighted by Crippen LogP contribution is -2.41. The molecule has 0 aliphatic heterocycles. The first-order valence-corrected chi connectivity index (χ1v) is 8.23. The lowest BCUT2D eigenvalue weighted by atomic mass is 9.93. The SMILES string of the molecule is CC(Oc1ccccc1)C(=O)NC(c1cnccc1C(F)(F)F)C(C)C. The van der Waals surface area contributed by atoms with Crippen LogP contribution in [0.4, 0.5) is 13.2 Å². The number of carbonyl (C=O) groups excluding carboxylic acids is 1. The fraction of sp³-hybridized carbons (Fsp3) is 0.368. The number of aromatic nitrogens is 1. The predicted molar refractivity (Wildman–Crippen MR) is 91.5 cm³/mol. The number of nitrogens with zero attached hydrogens (tertiary/aromatic N) is 1. The minimum Gasteiger partial charge on any atom is -0.481 e. The van der Waals surface area contributed by atoms with E-state index in [4.69, 9.17) is 4.74 Å². The molecule has 0 saturated carbocycles. The molecule has 1 aromatic carbocycles. The van der Waals surface area contributed by atoms with Crippen molar-refractivity contribution in [2.24, 2.45) is 5.92 Å². The van der Waals surface area contributed by atoms with Crippen LogP contribution in [-0.2, 0) is 11.0 Å². The quantitative estimate of drug-likeness (QED) is 0.825. The number of carbonyl (C=O) groups is 1. The molecule has 2 rings (SSSR count). The van der Waals surface area contributed by atoms with Gasteiger partial charge in [-0.3, -0.25) is 9.78 Å². The van der Waals surface area contributed by atoms with Crippen LogP contribution in [0.15, 0.2) is 48.8 Å². The van der Waals surface area contributed by atoms with Crippen molar-refractivity contribution in [1.82, 2.24) is 10.3 Å². The van der Waals surface area contributed by atoms with Crippen LogP contribution in [0, 0.1) is 5.92 Å². The number of hydrogen-bond acceptors (Lipinski definition) is 3. The van der Waals surface area contributed by atoms with Crippen molar-refractivity contribution in [3.05, 3.63) is 59.9 Å². The summed E-state index contributed by atoms with van der Waals surface area (Å²) < 4.78 is 45.4. The van der Waals surface area contributed by atoms with Crippen LogP contribution in [0.2, 0.25) is 0 Å². The van der Waals surface area contributed by atoms with Crippen molar-refractivity contribution in [3.63, 3.8) is 0 Å². The molecular formula is C19H21F3N2O2. The normalized spacial score (nSPS) is 14.0. The smallest absolute Gasteiger partial charge is 0.416 e. The van der Waals surface area contributed by atoms with Gasteiger partial charge in [0.05, 0.1) is 11.6 Å². The van der Waals surface area contributed by atoms with E-state index in [1.165, 1.54) is 0 Å². The molecule has 2 unspecified atom stereocenters. The lowest BCUT2D eigenvalue weighted by molar-refractivity contribution is -0.139. The first-order chi connectivity index (χ1) is 12.2. The molecule has 7 heteroatoms. The Kier molecular flexibility index (Phi) is 6.23. The molecule has 0 saturated heterocycles. The summed E-state index contributed by atoms with van der Waals surface area (Å²) in [5.41, 5.74) is -0.863. The zero-order chi connectivity index (χ0) is 19.3. The number of alkyl halides is 3. The van der Waals surface area contributed by atoms with Gasteiger partial charge in [-0.2, -0.15) is 13.2 Å². The van der Waals surface area contributed by atoms with Gasteiger partial charge in [0.2, 0.25) is 0 Å². The van der Waals surface area contributed by atoms with Gasteiger partial charge in [-0.25, -0.2) is 0 Å². The molecule has 1 amide bonds. The molecule has 0 spiro atoms. The van der Waals surface area contributed by atoms with Gasteiger partial charge in [-0.05, 0) is 31.0 Å². The van der Waals surface area contributed by atoms with Crippen LogP contribution in [-0.4, -0.2) is 17.0 Å². The summed E-state index contributed by atoms with van der Waals surface area (Å²) in [6, 6.07) is 8.83. The fourth-order valence-corrected chi connectivity index (χ4v) is 2.54. The molecular weight excluding hydrogens is 345 g/mol. The minimum atomic E-state index is -4.53. The van der Waals surface area contributed by atoms with Crippen LogP contribution < -0.4 is 10.1 Å². The average Bonchev–Trinajstić information content (AvgIpc) is 2.59. The molecule has 1 aromatic heterocycles. The van der Waals surface area contributed by atoms with Gasteiger partial charge in [0, 0.05) is 18.0 Å². The highest BCUT2D eigenvalue weighted by molar-refractivity contribution is 5.81. The molecule has 1 N–H and O–H groups in total. The Balaban J connectivity index is 2.20. The van der Waals surface area contributed by atoms with Crippen molar-refractivity contribution in [2.75, 3.05) is 0 Å². The maximum Gasteiger partial charge on any atom is 0.416 e. The summed E-state index contributed by atoms with van der Waals surface area (Å²) in [6.45, 7) is 5.02. The van der Waals surface area contributed by atoms with E-state index in [1.807, 2.05) is 6.07 Å². The topological polar surface area (TPSA) is 51.2 Å². The molecule has 0 bridgehead atoms. The standard InChI is InChI=1S/C19H21F3N2O2/c1-12(2)17(15-11-23-10-9-16(15)19(20,21)22)24-18(25)13(3)26-14-7-5-4-6-8-14/h4-13,17H,1-3H3,(H,24,25). The average molecular weight is 366 g/mol. The van der Waals surface area contributed by atoms with Gasteiger partial charge in [0.25, 0.3) is 5.91 Å². The number of amides is 1. The van der Waals surface area contributed by atoms with E-state index in [2.05, 4.69) is 10.3 Å². The Morgan fingerprint density at radius 3 is 2.35 bits per heavy atom. The molecule has 0 radical (unpaired) electrons. The zero-order valence-electron chi connectivity index (χ0n) is 14.7. The highest BCUT2D eigenvalue weighted by Gasteiger charge is 2.36. The Morgan fingerprint density at radius 1 is 1.12 bits per heavy atom. The largest absolute Gasteiger partial charge is 0.481 e. The fourth-order valence-electron chi connectivity index (χ4n) is 2.54. The van der Waals surface area contributed by atoms with E-state index >= 15 is 0 Å². The number of benzene rings is 1. The third-order valence-electron chi connectivity index (χ3n) is 3.88. The number of halogens is 3. The molecule has 4 nitrogen and oxygen atoms in total. The van der Waals surface area contributed by atoms with Crippen molar-refractivity contribution in [1.29, 1.82) is 0 Å². The first-order valence-electron chi connectivity index (χ1n) is 8.23. The molecule has 26 heavy (non-hydrogen) atoms. The second kappa shape index (κ2) is 8.21. The van der Waals surface area contributed by atoms with Gasteiger partial charge >= 0.3 is 6.18 Å². The number of pyridine rings is 1. The van der Waals surface area contributed by atoms with E-state index in [1.54, 1.807) is 45.0 Å². The van der Waals surface area contributed by atoms with Crippen molar-refractivity contribution in [3.8, 4) is 5.75 Å². The molecule has 0 aliphatic carbocycles. The number of hydrogen-bond donors (Lipinski definition) is 1. The number of para-hydroxylation sites is 1. The summed E-state index contributed by atoms with van der Waals surface area (Å²) in [7, 11) is 0. The van der Waals surface area contributed by atoms with Crippen LogP contribution in [0.25, 0.3) is 0 Å². The van der Waals surface area contributed by atoms with Crippen molar-refractivity contribution < 1.29 is 22.7 Å². The van der Waals surface area contributed by atoms with Crippen LogP contribution in [0.1, 0.15) is 37.9 Å². The van der Waals surface area contributed by atoms with Crippen molar-refractivity contribution in [2.45, 2.75) is 39.1 Å². The number of ether oxygens (including phenoxy) is 1. The van der Waals surface area contributed by atoms with E-state index in [0.29, 0.717) is 5.75 Å². The summed E-state index contributed by atoms with van der Waals surface area (Å²) in [6.07, 6.45) is -3.14. The molecule has 0 aliphatic rings. The minimum absolute atomic E-state index is 0.0599. The zero-order valence-corrected chi connectivity index (χ0v) is 14.7. The van der Waals surface area contributed by atoms with Gasteiger partial charge in [-0.15, -0.1) is 0 Å². The first kappa shape index (κ1) is 19.8. The molecule has 2 aromatic rings. The predicted octanol–water partition coefficient (Wildman–Crippen LogP) is 4.38. The molecule has 1 heterocycles. The highest BCUT2D eigenvalue weighted by atomic mass is 19.4. The number of nitrogens with one attached hydrogen (secondary N) is 1. The van der Waals surface area contributed by atoms with Gasteiger partial charge in [0.1, 0.15) is 5.75 Å². The molecule has 140 valence electrons. The molecule has 2 atom stereocenters. The van der Waals surface area contributed by atoms with E-state index in [-0.39, 0.29) is 11.5 Å². The maximum absolute atomic E-state index is 13.3. The summed E-state index contributed by atoms with van der Waals surface area (Å²) in [5.74, 6) is -0.258. The Labute approximate surface area is 150 Å². The van der Waals surface area contributed by atoms with Gasteiger partial charge < -0.3 is 10.1 Å². The lowest BCUT2D eigenvalue weighted by Gasteiger charge is -2.27. The Bertz CT molecular complexity index is 733. The Hall–Kier alpha value is -2.57. The van der Waals surface area contributed by atoms with Crippen LogP contribution in [0.5, 0.6) is 5.75 Å². The second-order valence-corrected chi connectivity index (χ2v) is 6.26. The van der Waals surface area contributed by atoms with Gasteiger partial charge in [0.15, 0.2) is 6.10 Å². The van der Waals surface area contributed by atoms with Crippen LogP contribution in [0.3, 0.4) is 0 Å². The van der Waals surface area contributed by atoms with Gasteiger partial charge in [-0.1, -0.05) is 32.0 Å². The van der Waals surface area contributed by atoms with E-state index < -0.39 is 29.8 Å². The van der Waals surface area contributed by atoms with E-state index in [9.17, 15) is 18.0 Å². The van der Waals surface area contributed by atoms with Crippen molar-refractivity contribution >= 4 is 5.91 Å². The summed E-state index contributed by atoms with van der Waals surface area (Å²) in [5, 5.41) is 2.66. The maximum atomic E-state index is 13.3. The highest BCUT2D eigenvalue weighted by Crippen LogP contribution is 2.36. The monoisotopic (exact) mass is 366 g/mol. The summed E-state index contributed by atoms with van der Waals surface area (Å²) in [4.78, 5) is 16.3. The van der Waals surface area contributed by atoms with Crippen LogP contribution >= 0.6 is 0 Å². The third kappa shape index (κ3) is 4.97. The third-order valence-corrected chi connectivity index (χ3v) is 3.88. The number of rotatable bonds is 6. The molecule has 0 fully saturated rings. The Morgan fingerprint density at radius 2 is 1.77 bits per heavy atom. The summed E-state index contributed by atoms with van der Waals surface area (Å²) >= 11 is 0. The second-order valence-electron chi connectivity index (χ2n) is 6.26.